The van der Waals surface area contributed by atoms with E-state index in [2.05, 4.69) is 24.5 Å². The molecule has 1 aromatic carbocycles. The number of rotatable bonds is 27. The number of allylic oxidation sites excluding steroid dienone is 1. The zero-order chi connectivity index (χ0) is 38.3. The number of aliphatic hydroxyl groups is 1. The quantitative estimate of drug-likeness (QED) is 0.0476. The molecule has 51 heavy (non-hydrogen) atoms. The number of unbranched alkanes of at least 4 members (excludes halogenated alkanes) is 9. The number of hydrogen-bond donors (Lipinski definition) is 3. The van der Waals surface area contributed by atoms with E-state index in [1.165, 1.54) is 13.1 Å². The maximum Gasteiger partial charge on any atom is 0.339 e. The number of esters is 1. The van der Waals surface area contributed by atoms with Crippen molar-refractivity contribution < 1.29 is 42.1 Å². The van der Waals surface area contributed by atoms with E-state index in [0.29, 0.717) is 50.9 Å². The summed E-state index contributed by atoms with van der Waals surface area (Å²) in [6.45, 7) is 8.42. The van der Waals surface area contributed by atoms with Crippen molar-refractivity contribution in [2.75, 3.05) is 20.3 Å². The number of alkyl halides is 3. The van der Waals surface area contributed by atoms with E-state index in [9.17, 15) is 32.7 Å². The van der Waals surface area contributed by atoms with Crippen molar-refractivity contribution in [3.05, 3.63) is 42.0 Å². The monoisotopic (exact) mass is 726 g/mol. The zero-order valence-electron chi connectivity index (χ0n) is 32.0. The normalized spacial score (nSPS) is 14.5. The van der Waals surface area contributed by atoms with Gasteiger partial charge in [0, 0.05) is 32.7 Å². The van der Waals surface area contributed by atoms with Crippen LogP contribution in [0.5, 0.6) is 5.75 Å². The molecule has 0 spiro atoms. The van der Waals surface area contributed by atoms with Gasteiger partial charge in [0.25, 0.3) is 0 Å². The molecule has 0 unspecified atom stereocenters. The van der Waals surface area contributed by atoms with Crippen LogP contribution in [0.25, 0.3) is 0 Å². The summed E-state index contributed by atoms with van der Waals surface area (Å²) in [6, 6.07) is 6.06. The summed E-state index contributed by atoms with van der Waals surface area (Å²) >= 11 is 0. The Morgan fingerprint density at radius 3 is 1.98 bits per heavy atom. The summed E-state index contributed by atoms with van der Waals surface area (Å²) in [6.07, 6.45) is 11.3. The van der Waals surface area contributed by atoms with Crippen molar-refractivity contribution in [3.63, 3.8) is 0 Å². The number of likely N-dealkylation sites (N-methyl/N-ethyl adjacent to an activating group) is 1. The average molecular weight is 727 g/mol. The molecule has 0 aliphatic carbocycles. The smallest absolute Gasteiger partial charge is 0.339 e. The molecule has 0 fully saturated rings. The molecule has 0 bridgehead atoms. The van der Waals surface area contributed by atoms with Gasteiger partial charge in [0.05, 0.1) is 19.2 Å². The molecular formula is C40H65F3N2O6. The van der Waals surface area contributed by atoms with Crippen LogP contribution in [0.4, 0.5) is 13.2 Å². The predicted molar refractivity (Wildman–Crippen MR) is 197 cm³/mol. The first-order valence-corrected chi connectivity index (χ1v) is 18.9. The minimum absolute atomic E-state index is 0.0799. The lowest BCUT2D eigenvalue weighted by Crippen LogP contribution is -2.57. The topological polar surface area (TPSA) is 114 Å². The van der Waals surface area contributed by atoms with Crippen LogP contribution >= 0.6 is 0 Å². The summed E-state index contributed by atoms with van der Waals surface area (Å²) in [5, 5.41) is 16.8. The maximum absolute atomic E-state index is 14.3. The lowest BCUT2D eigenvalue weighted by molar-refractivity contribution is -0.184. The third-order valence-electron chi connectivity index (χ3n) is 8.67. The van der Waals surface area contributed by atoms with Crippen molar-refractivity contribution in [3.8, 4) is 5.75 Å². The Morgan fingerprint density at radius 2 is 1.43 bits per heavy atom. The Bertz CT molecular complexity index is 1170. The average Bonchev–Trinajstić information content (AvgIpc) is 3.06. The molecular weight excluding hydrogens is 661 g/mol. The van der Waals surface area contributed by atoms with Gasteiger partial charge in [-0.15, -0.1) is 0 Å². The highest BCUT2D eigenvalue weighted by molar-refractivity contribution is 5.94. The van der Waals surface area contributed by atoms with E-state index < -0.39 is 60.0 Å². The van der Waals surface area contributed by atoms with Crippen LogP contribution in [0.15, 0.2) is 36.4 Å². The summed E-state index contributed by atoms with van der Waals surface area (Å²) < 4.78 is 53.5. The number of carbonyl (C=O) groups is 3. The van der Waals surface area contributed by atoms with Gasteiger partial charge in [-0.05, 0) is 70.6 Å². The summed E-state index contributed by atoms with van der Waals surface area (Å²) in [7, 11) is 1.43. The standard InChI is InChI=1S/C40H65F3N2O6/c1-7-9-11-15-18-25-39(42,43)26-19-16-13-12-14-17-20-33(40(49,27-28-41)37(48)51-38(3,4)5)35(46)45-34(36(47)44-6)30-31-21-23-32(24-22-31)50-29-10-8-2/h17,20-24,33-34,49H,7-16,18-19,25-30H2,1-6H3,(H,44,47)(H,45,46)/b20-17+/t33-,34+,40+/m1/s1. The minimum atomic E-state index is -2.66. The number of carbonyl (C=O) groups excluding carboxylic acids is 3. The van der Waals surface area contributed by atoms with Crippen molar-refractivity contribution in [2.24, 2.45) is 5.92 Å². The first kappa shape index (κ1) is 45.9. The summed E-state index contributed by atoms with van der Waals surface area (Å²) in [5.74, 6) is -6.06. The third kappa shape index (κ3) is 18.8. The Labute approximate surface area is 304 Å². The van der Waals surface area contributed by atoms with Crippen LogP contribution in [-0.4, -0.2) is 66.4 Å². The van der Waals surface area contributed by atoms with Crippen LogP contribution in [0, 0.1) is 5.92 Å². The lowest BCUT2D eigenvalue weighted by atomic mass is 9.82. The van der Waals surface area contributed by atoms with E-state index in [1.807, 2.05) is 0 Å². The fraction of sp³-hybridized carbons (Fsp3) is 0.725. The maximum atomic E-state index is 14.3. The molecule has 0 saturated carbocycles. The molecule has 3 atom stereocenters. The molecule has 11 heteroatoms. The molecule has 0 radical (unpaired) electrons. The molecule has 0 aromatic heterocycles. The highest BCUT2D eigenvalue weighted by atomic mass is 19.3. The molecule has 3 N–H and O–H groups in total. The van der Waals surface area contributed by atoms with Gasteiger partial charge in [-0.1, -0.05) is 83.1 Å². The van der Waals surface area contributed by atoms with Gasteiger partial charge >= 0.3 is 5.97 Å². The van der Waals surface area contributed by atoms with Crippen molar-refractivity contribution in [2.45, 2.75) is 161 Å². The fourth-order valence-corrected chi connectivity index (χ4v) is 5.64. The highest BCUT2D eigenvalue weighted by Gasteiger charge is 2.49. The number of ether oxygens (including phenoxy) is 2. The van der Waals surface area contributed by atoms with Crippen molar-refractivity contribution in [1.82, 2.24) is 10.6 Å². The molecule has 0 heterocycles. The lowest BCUT2D eigenvalue weighted by Gasteiger charge is -2.34. The van der Waals surface area contributed by atoms with Crippen LogP contribution in [0.3, 0.4) is 0 Å². The largest absolute Gasteiger partial charge is 0.494 e. The van der Waals surface area contributed by atoms with Crippen molar-refractivity contribution in [1.29, 1.82) is 0 Å². The molecule has 0 aliphatic rings. The van der Waals surface area contributed by atoms with Gasteiger partial charge in [0.15, 0.2) is 5.60 Å². The third-order valence-corrected chi connectivity index (χ3v) is 8.67. The molecule has 1 aromatic rings. The number of halogens is 3. The number of nitrogens with one attached hydrogen (secondary N) is 2. The molecule has 0 aliphatic heterocycles. The van der Waals surface area contributed by atoms with Gasteiger partial charge in [-0.3, -0.25) is 14.0 Å². The van der Waals surface area contributed by atoms with Gasteiger partial charge < -0.3 is 25.2 Å². The Kier molecular flexibility index (Phi) is 21.8. The van der Waals surface area contributed by atoms with Crippen molar-refractivity contribution >= 4 is 17.8 Å². The summed E-state index contributed by atoms with van der Waals surface area (Å²) in [4.78, 5) is 40.1. The van der Waals surface area contributed by atoms with Crippen LogP contribution in [-0.2, 0) is 25.5 Å². The van der Waals surface area contributed by atoms with E-state index >= 15 is 0 Å². The van der Waals surface area contributed by atoms with Gasteiger partial charge in [-0.25, -0.2) is 13.6 Å². The van der Waals surface area contributed by atoms with E-state index in [0.717, 1.165) is 44.1 Å². The number of amides is 2. The van der Waals surface area contributed by atoms with E-state index in [-0.39, 0.29) is 19.3 Å². The van der Waals surface area contributed by atoms with Gasteiger partial charge in [0.1, 0.15) is 17.4 Å². The molecule has 292 valence electrons. The first-order valence-electron chi connectivity index (χ1n) is 18.9. The van der Waals surface area contributed by atoms with Crippen LogP contribution in [0.2, 0.25) is 0 Å². The Balaban J connectivity index is 3.04. The molecule has 8 nitrogen and oxygen atoms in total. The number of hydrogen-bond acceptors (Lipinski definition) is 6. The Morgan fingerprint density at radius 1 is 0.843 bits per heavy atom. The fourth-order valence-electron chi connectivity index (χ4n) is 5.64. The second kappa shape index (κ2) is 24.2. The van der Waals surface area contributed by atoms with Crippen LogP contribution < -0.4 is 15.4 Å². The van der Waals surface area contributed by atoms with Gasteiger partial charge in [0.2, 0.25) is 17.7 Å². The predicted octanol–water partition coefficient (Wildman–Crippen LogP) is 8.58. The van der Waals surface area contributed by atoms with Crippen LogP contribution in [0.1, 0.15) is 136 Å². The first-order chi connectivity index (χ1) is 24.1. The minimum Gasteiger partial charge on any atom is -0.494 e. The SMILES string of the molecule is CCCCCCCC(F)(F)CCCCCC/C=C/[C@H](C(=O)N[C@@H](Cc1ccc(OCCCC)cc1)C(=O)NC)[C@@](O)(CCF)C(=O)OC(C)(C)C. The van der Waals surface area contributed by atoms with Gasteiger partial charge in [-0.2, -0.15) is 0 Å². The second-order valence-corrected chi connectivity index (χ2v) is 14.5. The Hall–Kier alpha value is -3.08. The number of benzene rings is 1. The molecule has 1 rings (SSSR count). The molecule has 2 amide bonds. The van der Waals surface area contributed by atoms with E-state index in [4.69, 9.17) is 9.47 Å². The summed E-state index contributed by atoms with van der Waals surface area (Å²) in [5.41, 5.74) is -2.86. The highest BCUT2D eigenvalue weighted by Crippen LogP contribution is 2.30. The second-order valence-electron chi connectivity index (χ2n) is 14.5. The zero-order valence-corrected chi connectivity index (χ0v) is 32.0. The molecule has 0 saturated heterocycles. The van der Waals surface area contributed by atoms with E-state index in [1.54, 1.807) is 51.1 Å².